The molecule has 4 heteroatoms. The monoisotopic (exact) mass is 230 g/mol. The van der Waals surface area contributed by atoms with Crippen LogP contribution in [0, 0.1) is 13.8 Å². The van der Waals surface area contributed by atoms with Crippen LogP contribution in [0.25, 0.3) is 11.1 Å². The third-order valence-corrected chi connectivity index (χ3v) is 2.85. The fourth-order valence-electron chi connectivity index (χ4n) is 1.87. The summed E-state index contributed by atoms with van der Waals surface area (Å²) >= 11 is 0. The van der Waals surface area contributed by atoms with Gasteiger partial charge in [-0.3, -0.25) is 9.36 Å². The Morgan fingerprint density at radius 1 is 1.12 bits per heavy atom. The van der Waals surface area contributed by atoms with E-state index in [0.717, 1.165) is 21.3 Å². The van der Waals surface area contributed by atoms with E-state index in [2.05, 4.69) is 4.98 Å². The van der Waals surface area contributed by atoms with Crippen molar-refractivity contribution in [1.82, 2.24) is 9.55 Å². The number of aromatic nitrogens is 2. The Labute approximate surface area is 98.6 Å². The molecule has 0 aliphatic rings. The maximum atomic E-state index is 12.0. The van der Waals surface area contributed by atoms with Crippen molar-refractivity contribution < 1.29 is 0 Å². The lowest BCUT2D eigenvalue weighted by Crippen LogP contribution is -2.33. The third kappa shape index (κ3) is 1.93. The zero-order chi connectivity index (χ0) is 12.6. The first-order valence-corrected chi connectivity index (χ1v) is 5.37. The Kier molecular flexibility index (Phi) is 2.71. The van der Waals surface area contributed by atoms with Crippen LogP contribution >= 0.6 is 0 Å². The van der Waals surface area contributed by atoms with E-state index in [1.165, 1.54) is 13.2 Å². The molecule has 0 atom stereocenters. The molecule has 1 heterocycles. The second-order valence-electron chi connectivity index (χ2n) is 4.19. The lowest BCUT2D eigenvalue weighted by molar-refractivity contribution is 0.778. The summed E-state index contributed by atoms with van der Waals surface area (Å²) in [6, 6.07) is 5.87. The van der Waals surface area contributed by atoms with E-state index in [0.29, 0.717) is 5.56 Å². The van der Waals surface area contributed by atoms with Gasteiger partial charge in [-0.25, -0.2) is 4.79 Å². The molecule has 0 bridgehead atoms. The van der Waals surface area contributed by atoms with Gasteiger partial charge in [-0.2, -0.15) is 0 Å². The van der Waals surface area contributed by atoms with E-state index in [4.69, 9.17) is 0 Å². The molecule has 0 radical (unpaired) electrons. The van der Waals surface area contributed by atoms with Gasteiger partial charge in [0.05, 0.1) is 5.56 Å². The summed E-state index contributed by atoms with van der Waals surface area (Å²) in [5.74, 6) is 0. The molecular weight excluding hydrogens is 216 g/mol. The van der Waals surface area contributed by atoms with Crippen LogP contribution in [0.4, 0.5) is 0 Å². The van der Waals surface area contributed by atoms with Crippen molar-refractivity contribution in [3.05, 3.63) is 56.4 Å². The summed E-state index contributed by atoms with van der Waals surface area (Å²) in [6.07, 6.45) is 1.47. The van der Waals surface area contributed by atoms with E-state index in [-0.39, 0.29) is 5.56 Å². The van der Waals surface area contributed by atoms with Crippen LogP contribution in [0.5, 0.6) is 0 Å². The standard InChI is InChI=1S/C13H14N2O2/c1-8-4-5-10(9(2)6-8)11-7-14-13(17)15(3)12(11)16/h4-7H,1-3H3,(H,14,17). The first-order chi connectivity index (χ1) is 8.00. The van der Waals surface area contributed by atoms with Crippen molar-refractivity contribution in [2.24, 2.45) is 7.05 Å². The van der Waals surface area contributed by atoms with E-state index < -0.39 is 5.69 Å². The minimum atomic E-state index is -0.400. The van der Waals surface area contributed by atoms with E-state index in [9.17, 15) is 9.59 Å². The average Bonchev–Trinajstić information content (AvgIpc) is 2.28. The first kappa shape index (κ1) is 11.4. The van der Waals surface area contributed by atoms with Crippen LogP contribution in [-0.2, 0) is 7.05 Å². The molecule has 1 aromatic carbocycles. The number of aryl methyl sites for hydroxylation is 2. The maximum absolute atomic E-state index is 12.0. The summed E-state index contributed by atoms with van der Waals surface area (Å²) in [5, 5.41) is 0. The SMILES string of the molecule is Cc1ccc(-c2c[nH]c(=O)n(C)c2=O)c(C)c1. The Morgan fingerprint density at radius 3 is 2.47 bits per heavy atom. The molecule has 0 saturated carbocycles. The van der Waals surface area contributed by atoms with Crippen LogP contribution in [0.1, 0.15) is 11.1 Å². The highest BCUT2D eigenvalue weighted by molar-refractivity contribution is 5.65. The van der Waals surface area contributed by atoms with Crippen LogP contribution in [0.3, 0.4) is 0 Å². The number of hydrogen-bond donors (Lipinski definition) is 1. The molecule has 1 aromatic heterocycles. The predicted octanol–water partition coefficient (Wildman–Crippen LogP) is 1.36. The largest absolute Gasteiger partial charge is 0.328 e. The molecule has 0 saturated heterocycles. The molecule has 2 rings (SSSR count). The molecule has 0 fully saturated rings. The molecular formula is C13H14N2O2. The summed E-state index contributed by atoms with van der Waals surface area (Å²) in [6.45, 7) is 3.95. The molecule has 0 aliphatic heterocycles. The molecule has 4 nitrogen and oxygen atoms in total. The Hall–Kier alpha value is -2.10. The quantitative estimate of drug-likeness (QED) is 0.804. The molecule has 0 amide bonds. The summed E-state index contributed by atoms with van der Waals surface area (Å²) in [5.41, 5.74) is 2.86. The van der Waals surface area contributed by atoms with Gasteiger partial charge in [-0.1, -0.05) is 23.8 Å². The van der Waals surface area contributed by atoms with Gasteiger partial charge in [0.15, 0.2) is 0 Å². The molecule has 17 heavy (non-hydrogen) atoms. The van der Waals surface area contributed by atoms with E-state index in [1.807, 2.05) is 32.0 Å². The highest BCUT2D eigenvalue weighted by Crippen LogP contribution is 2.19. The molecule has 0 aliphatic carbocycles. The summed E-state index contributed by atoms with van der Waals surface area (Å²) < 4.78 is 1.08. The Bertz CT molecular complexity index is 681. The molecule has 2 aromatic rings. The first-order valence-electron chi connectivity index (χ1n) is 5.37. The van der Waals surface area contributed by atoms with Crippen LogP contribution in [-0.4, -0.2) is 9.55 Å². The minimum Gasteiger partial charge on any atom is -0.313 e. The van der Waals surface area contributed by atoms with Crippen molar-refractivity contribution in [1.29, 1.82) is 0 Å². The Balaban J connectivity index is 2.74. The topological polar surface area (TPSA) is 54.9 Å². The normalized spacial score (nSPS) is 10.5. The van der Waals surface area contributed by atoms with Crippen molar-refractivity contribution in [3.8, 4) is 11.1 Å². The minimum absolute atomic E-state index is 0.277. The number of nitrogens with one attached hydrogen (secondary N) is 1. The van der Waals surface area contributed by atoms with Gasteiger partial charge >= 0.3 is 5.69 Å². The summed E-state index contributed by atoms with van der Waals surface area (Å²) in [4.78, 5) is 25.8. The van der Waals surface area contributed by atoms with Crippen LogP contribution < -0.4 is 11.2 Å². The van der Waals surface area contributed by atoms with E-state index >= 15 is 0 Å². The number of nitrogens with zero attached hydrogens (tertiary/aromatic N) is 1. The molecule has 0 spiro atoms. The molecule has 1 N–H and O–H groups in total. The van der Waals surface area contributed by atoms with Crippen LogP contribution in [0.15, 0.2) is 34.0 Å². The van der Waals surface area contributed by atoms with Gasteiger partial charge in [0, 0.05) is 13.2 Å². The van der Waals surface area contributed by atoms with Crippen molar-refractivity contribution >= 4 is 0 Å². The highest BCUT2D eigenvalue weighted by atomic mass is 16.2. The lowest BCUT2D eigenvalue weighted by Gasteiger charge is -2.07. The number of hydrogen-bond acceptors (Lipinski definition) is 2. The lowest BCUT2D eigenvalue weighted by atomic mass is 10.0. The van der Waals surface area contributed by atoms with Gasteiger partial charge in [0.25, 0.3) is 5.56 Å². The molecule has 0 unspecified atom stereocenters. The van der Waals surface area contributed by atoms with Crippen molar-refractivity contribution in [3.63, 3.8) is 0 Å². The summed E-state index contributed by atoms with van der Waals surface area (Å²) in [7, 11) is 1.47. The van der Waals surface area contributed by atoms with Crippen molar-refractivity contribution in [2.75, 3.05) is 0 Å². The van der Waals surface area contributed by atoms with Gasteiger partial charge in [-0.15, -0.1) is 0 Å². The zero-order valence-electron chi connectivity index (χ0n) is 10.1. The second kappa shape index (κ2) is 4.05. The van der Waals surface area contributed by atoms with Crippen molar-refractivity contribution in [2.45, 2.75) is 13.8 Å². The smallest absolute Gasteiger partial charge is 0.313 e. The fourth-order valence-corrected chi connectivity index (χ4v) is 1.87. The number of H-pyrrole nitrogens is 1. The number of benzene rings is 1. The average molecular weight is 230 g/mol. The third-order valence-electron chi connectivity index (χ3n) is 2.85. The maximum Gasteiger partial charge on any atom is 0.328 e. The number of aromatic amines is 1. The van der Waals surface area contributed by atoms with Gasteiger partial charge in [0.2, 0.25) is 0 Å². The Morgan fingerprint density at radius 2 is 1.82 bits per heavy atom. The van der Waals surface area contributed by atoms with Gasteiger partial charge < -0.3 is 4.98 Å². The van der Waals surface area contributed by atoms with Gasteiger partial charge in [0.1, 0.15) is 0 Å². The molecule has 88 valence electrons. The van der Waals surface area contributed by atoms with E-state index in [1.54, 1.807) is 0 Å². The zero-order valence-corrected chi connectivity index (χ0v) is 10.1. The highest BCUT2D eigenvalue weighted by Gasteiger charge is 2.08. The second-order valence-corrected chi connectivity index (χ2v) is 4.19. The fraction of sp³-hybridized carbons (Fsp3) is 0.231. The van der Waals surface area contributed by atoms with Crippen LogP contribution in [0.2, 0.25) is 0 Å². The number of rotatable bonds is 1. The van der Waals surface area contributed by atoms with Gasteiger partial charge in [-0.05, 0) is 25.0 Å². The predicted molar refractivity (Wildman–Crippen MR) is 67.2 cm³/mol.